The Balaban J connectivity index is 1.32. The van der Waals surface area contributed by atoms with Crippen molar-refractivity contribution in [1.82, 2.24) is 9.80 Å². The predicted molar refractivity (Wildman–Crippen MR) is 116 cm³/mol. The second kappa shape index (κ2) is 8.84. The van der Waals surface area contributed by atoms with Gasteiger partial charge in [-0.1, -0.05) is 30.3 Å². The van der Waals surface area contributed by atoms with E-state index in [9.17, 15) is 5.11 Å². The van der Waals surface area contributed by atoms with E-state index in [0.29, 0.717) is 11.9 Å². The summed E-state index contributed by atoms with van der Waals surface area (Å²) in [7, 11) is 1.78. The van der Waals surface area contributed by atoms with Crippen molar-refractivity contribution in [1.29, 1.82) is 5.41 Å². The molecule has 0 aromatic heterocycles. The molecule has 3 fully saturated rings. The van der Waals surface area contributed by atoms with E-state index in [2.05, 4.69) is 40.1 Å². The zero-order valence-electron chi connectivity index (χ0n) is 17.5. The highest BCUT2D eigenvalue weighted by Gasteiger charge is 2.39. The molecule has 1 atom stereocenters. The molecule has 0 spiro atoms. The van der Waals surface area contributed by atoms with Crippen molar-refractivity contribution >= 4 is 11.7 Å². The first-order valence-corrected chi connectivity index (χ1v) is 10.9. The number of methoxy groups -OCH3 is 1. The first-order chi connectivity index (χ1) is 14.1. The van der Waals surface area contributed by atoms with Crippen LogP contribution in [0.25, 0.3) is 0 Å². The predicted octanol–water partition coefficient (Wildman–Crippen LogP) is 2.73. The van der Waals surface area contributed by atoms with Gasteiger partial charge in [0.25, 0.3) is 0 Å². The monoisotopic (exact) mass is 398 g/mol. The number of likely N-dealkylation sites (tertiary alicyclic amines) is 2. The quantitative estimate of drug-likeness (QED) is 0.591. The minimum Gasteiger partial charge on any atom is -0.393 e. The van der Waals surface area contributed by atoms with Gasteiger partial charge < -0.3 is 19.6 Å². The summed E-state index contributed by atoms with van der Waals surface area (Å²) in [5, 5.41) is 18.3. The molecule has 2 aliphatic heterocycles. The molecule has 2 heterocycles. The Morgan fingerprint density at radius 1 is 1.14 bits per heavy atom. The Bertz CT molecular complexity index is 720. The van der Waals surface area contributed by atoms with Crippen LogP contribution in [-0.4, -0.2) is 79.1 Å². The van der Waals surface area contributed by atoms with Gasteiger partial charge in [-0.3, -0.25) is 10.4 Å². The molecule has 0 radical (unpaired) electrons. The topological polar surface area (TPSA) is 72.2 Å². The molecule has 1 aromatic rings. The van der Waals surface area contributed by atoms with E-state index < -0.39 is 0 Å². The third kappa shape index (κ3) is 4.81. The van der Waals surface area contributed by atoms with Crippen LogP contribution in [0, 0.1) is 10.8 Å². The lowest BCUT2D eigenvalue weighted by Gasteiger charge is -2.44. The number of rotatable bonds is 5. The Labute approximate surface area is 174 Å². The number of hydrogen-bond acceptors (Lipinski definition) is 4. The van der Waals surface area contributed by atoms with Crippen molar-refractivity contribution in [2.75, 3.05) is 46.4 Å². The number of guanidine groups is 1. The minimum absolute atomic E-state index is 0.0838. The second-order valence-corrected chi connectivity index (χ2v) is 8.94. The normalized spacial score (nSPS) is 26.0. The summed E-state index contributed by atoms with van der Waals surface area (Å²) in [5.41, 5.74) is 2.79. The first kappa shape index (κ1) is 20.4. The van der Waals surface area contributed by atoms with Crippen LogP contribution in [0.2, 0.25) is 0 Å². The van der Waals surface area contributed by atoms with Crippen LogP contribution in [0.5, 0.6) is 0 Å². The number of aliphatic hydroxyl groups excluding tert-OH is 1. The summed E-state index contributed by atoms with van der Waals surface area (Å²) < 4.78 is 5.59. The average molecular weight is 399 g/mol. The largest absolute Gasteiger partial charge is 0.393 e. The molecule has 6 heteroatoms. The number of ether oxygens (including phenoxy) is 1. The number of nitrogens with one attached hydrogen (secondary N) is 1. The molecule has 2 saturated heterocycles. The third-order valence-electron chi connectivity index (χ3n) is 6.81. The molecule has 6 nitrogen and oxygen atoms in total. The Kier molecular flexibility index (Phi) is 6.20. The van der Waals surface area contributed by atoms with Gasteiger partial charge in [-0.25, -0.2) is 0 Å². The van der Waals surface area contributed by atoms with Crippen LogP contribution in [0.3, 0.4) is 0 Å². The van der Waals surface area contributed by atoms with Crippen molar-refractivity contribution in [3.63, 3.8) is 0 Å². The smallest absolute Gasteiger partial charge is 0.193 e. The highest BCUT2D eigenvalue weighted by molar-refractivity contribution is 6.05. The number of hydrogen-bond donors (Lipinski definition) is 2. The van der Waals surface area contributed by atoms with Gasteiger partial charge >= 0.3 is 0 Å². The van der Waals surface area contributed by atoms with Gasteiger partial charge in [0, 0.05) is 56.9 Å². The zero-order chi connectivity index (χ0) is 20.3. The number of piperidine rings is 2. The molecule has 1 saturated carbocycles. The summed E-state index contributed by atoms with van der Waals surface area (Å²) >= 11 is 0. The van der Waals surface area contributed by atoms with Crippen molar-refractivity contribution in [2.24, 2.45) is 10.4 Å². The number of benzene rings is 1. The molecule has 0 bridgehead atoms. The van der Waals surface area contributed by atoms with Crippen molar-refractivity contribution in [2.45, 2.75) is 44.1 Å². The first-order valence-electron chi connectivity index (χ1n) is 10.9. The molecule has 1 aromatic carbocycles. The zero-order valence-corrected chi connectivity index (χ0v) is 17.5. The lowest BCUT2D eigenvalue weighted by molar-refractivity contribution is 0.0386. The van der Waals surface area contributed by atoms with Gasteiger partial charge in [-0.05, 0) is 37.7 Å². The maximum atomic E-state index is 9.71. The molecule has 1 unspecified atom stereocenters. The van der Waals surface area contributed by atoms with Gasteiger partial charge in [-0.15, -0.1) is 0 Å². The lowest BCUT2D eigenvalue weighted by atomic mass is 9.79. The SMILES string of the molecule is COCC1(CN=C2CC2c2ccccc2)CCN(C(=N)N2CCC(O)CC2)CC1. The molecular weight excluding hydrogens is 364 g/mol. The van der Waals surface area contributed by atoms with Gasteiger partial charge in [0.15, 0.2) is 5.96 Å². The lowest BCUT2D eigenvalue weighted by Crippen LogP contribution is -2.53. The molecular formula is C23H34N4O2. The van der Waals surface area contributed by atoms with Gasteiger partial charge in [0.1, 0.15) is 0 Å². The standard InChI is InChI=1S/C23H34N4O2/c1-29-17-23(16-25-21-15-20(21)18-5-3-2-4-6-18)9-13-27(14-10-23)22(24)26-11-7-19(28)8-12-26/h2-6,19-20,24,28H,7-17H2,1H3. The maximum Gasteiger partial charge on any atom is 0.193 e. The fraction of sp³-hybridized carbons (Fsp3) is 0.652. The summed E-state index contributed by atoms with van der Waals surface area (Å²) in [6, 6.07) is 10.7. The van der Waals surface area contributed by atoms with E-state index in [1.54, 1.807) is 7.11 Å². The highest BCUT2D eigenvalue weighted by Crippen LogP contribution is 2.39. The van der Waals surface area contributed by atoms with Crippen LogP contribution < -0.4 is 0 Å². The summed E-state index contributed by atoms with van der Waals surface area (Å²) in [4.78, 5) is 9.32. The number of aliphatic imine (C=N–C) groups is 1. The summed E-state index contributed by atoms with van der Waals surface area (Å²) in [6.07, 6.45) is 4.44. The van der Waals surface area contributed by atoms with Crippen molar-refractivity contribution < 1.29 is 9.84 Å². The van der Waals surface area contributed by atoms with Crippen LogP contribution in [0.15, 0.2) is 35.3 Å². The van der Waals surface area contributed by atoms with E-state index in [1.165, 1.54) is 11.3 Å². The van der Waals surface area contributed by atoms with E-state index in [4.69, 9.17) is 15.1 Å². The molecule has 29 heavy (non-hydrogen) atoms. The molecule has 158 valence electrons. The van der Waals surface area contributed by atoms with Gasteiger partial charge in [-0.2, -0.15) is 0 Å². The fourth-order valence-electron chi connectivity index (χ4n) is 4.71. The summed E-state index contributed by atoms with van der Waals surface area (Å²) in [5.74, 6) is 1.14. The Hall–Kier alpha value is -1.92. The Morgan fingerprint density at radius 3 is 2.45 bits per heavy atom. The second-order valence-electron chi connectivity index (χ2n) is 8.94. The molecule has 4 rings (SSSR count). The number of aliphatic hydroxyl groups is 1. The fourth-order valence-corrected chi connectivity index (χ4v) is 4.71. The van der Waals surface area contributed by atoms with Crippen LogP contribution in [0.1, 0.15) is 43.6 Å². The van der Waals surface area contributed by atoms with Crippen LogP contribution in [-0.2, 0) is 4.74 Å². The van der Waals surface area contributed by atoms with Crippen LogP contribution in [0.4, 0.5) is 0 Å². The van der Waals surface area contributed by atoms with E-state index in [1.807, 2.05) is 0 Å². The molecule has 2 N–H and O–H groups in total. The van der Waals surface area contributed by atoms with Gasteiger partial charge in [0.2, 0.25) is 0 Å². The van der Waals surface area contributed by atoms with Crippen LogP contribution >= 0.6 is 0 Å². The van der Waals surface area contributed by atoms with Crippen molar-refractivity contribution in [3.05, 3.63) is 35.9 Å². The van der Waals surface area contributed by atoms with E-state index >= 15 is 0 Å². The third-order valence-corrected chi connectivity index (χ3v) is 6.81. The highest BCUT2D eigenvalue weighted by atomic mass is 16.5. The minimum atomic E-state index is -0.198. The summed E-state index contributed by atoms with van der Waals surface area (Å²) in [6.45, 7) is 4.90. The van der Waals surface area contributed by atoms with Crippen molar-refractivity contribution in [3.8, 4) is 0 Å². The van der Waals surface area contributed by atoms with Gasteiger partial charge in [0.05, 0.1) is 12.7 Å². The Morgan fingerprint density at radius 2 is 1.79 bits per heavy atom. The molecule has 0 amide bonds. The molecule has 3 aliphatic rings. The van der Waals surface area contributed by atoms with E-state index in [0.717, 1.165) is 71.4 Å². The number of nitrogens with zero attached hydrogens (tertiary/aromatic N) is 3. The average Bonchev–Trinajstić information content (AvgIpc) is 3.54. The van der Waals surface area contributed by atoms with E-state index in [-0.39, 0.29) is 11.5 Å². The molecule has 1 aliphatic carbocycles. The maximum absolute atomic E-state index is 9.71.